The van der Waals surface area contributed by atoms with Crippen LogP contribution in [0.3, 0.4) is 0 Å². The molecule has 0 atom stereocenters. The number of para-hydroxylation sites is 1. The number of hydrogen-bond acceptors (Lipinski definition) is 1. The fourth-order valence-electron chi connectivity index (χ4n) is 2.35. The molecule has 0 unspecified atom stereocenters. The van der Waals surface area contributed by atoms with Crippen molar-refractivity contribution >= 4 is 0 Å². The highest BCUT2D eigenvalue weighted by molar-refractivity contribution is 5.60. The topological polar surface area (TPSA) is 17.8 Å². The molecular formula is C18H18N2. The van der Waals surface area contributed by atoms with Crippen molar-refractivity contribution in [3.63, 3.8) is 0 Å². The van der Waals surface area contributed by atoms with Crippen LogP contribution in [0.15, 0.2) is 67.0 Å². The summed E-state index contributed by atoms with van der Waals surface area (Å²) >= 11 is 0. The minimum absolute atomic E-state index is 0.523. The van der Waals surface area contributed by atoms with Crippen LogP contribution in [-0.4, -0.2) is 9.55 Å². The van der Waals surface area contributed by atoms with E-state index in [9.17, 15) is 0 Å². The lowest BCUT2D eigenvalue weighted by atomic mass is 10.0. The third-order valence-electron chi connectivity index (χ3n) is 3.49. The van der Waals surface area contributed by atoms with Crippen LogP contribution in [0.1, 0.15) is 25.3 Å². The quantitative estimate of drug-likeness (QED) is 0.671. The molecule has 0 amide bonds. The maximum atomic E-state index is 4.53. The monoisotopic (exact) mass is 262 g/mol. The van der Waals surface area contributed by atoms with E-state index < -0.39 is 0 Å². The first-order valence-electron chi connectivity index (χ1n) is 6.95. The van der Waals surface area contributed by atoms with Crippen LogP contribution >= 0.6 is 0 Å². The zero-order valence-corrected chi connectivity index (χ0v) is 11.8. The lowest BCUT2D eigenvalue weighted by molar-refractivity contribution is 0.866. The molecule has 0 spiro atoms. The van der Waals surface area contributed by atoms with Crippen LogP contribution in [0.5, 0.6) is 0 Å². The second-order valence-corrected chi connectivity index (χ2v) is 5.24. The van der Waals surface area contributed by atoms with E-state index >= 15 is 0 Å². The molecule has 0 N–H and O–H groups in total. The summed E-state index contributed by atoms with van der Waals surface area (Å²) in [5, 5.41) is 0. The molecule has 1 aromatic heterocycles. The standard InChI is InChI=1S/C18H18N2/c1-14(2)15-7-6-8-16(13-15)18-19-11-12-20(18)17-9-4-3-5-10-17/h3-14H,1-2H3. The molecule has 2 nitrogen and oxygen atoms in total. The molecule has 0 radical (unpaired) electrons. The molecule has 3 aromatic rings. The van der Waals surface area contributed by atoms with Crippen molar-refractivity contribution in [2.45, 2.75) is 19.8 Å². The van der Waals surface area contributed by atoms with Gasteiger partial charge in [-0.25, -0.2) is 4.98 Å². The minimum Gasteiger partial charge on any atom is -0.300 e. The molecule has 0 saturated heterocycles. The van der Waals surface area contributed by atoms with Gasteiger partial charge in [0.15, 0.2) is 0 Å². The molecule has 2 aromatic carbocycles. The summed E-state index contributed by atoms with van der Waals surface area (Å²) in [6, 6.07) is 18.9. The van der Waals surface area contributed by atoms with E-state index in [1.54, 1.807) is 0 Å². The molecule has 1 heterocycles. The molecule has 100 valence electrons. The summed E-state index contributed by atoms with van der Waals surface area (Å²) in [5.41, 5.74) is 3.63. The predicted octanol–water partition coefficient (Wildman–Crippen LogP) is 4.66. The Hall–Kier alpha value is -2.35. The lowest BCUT2D eigenvalue weighted by Crippen LogP contribution is -1.97. The normalized spacial score (nSPS) is 10.9. The van der Waals surface area contributed by atoms with Gasteiger partial charge in [0.1, 0.15) is 5.82 Å². The van der Waals surface area contributed by atoms with Gasteiger partial charge in [-0.1, -0.05) is 50.2 Å². The van der Waals surface area contributed by atoms with Crippen LogP contribution in [0.4, 0.5) is 0 Å². The Morgan fingerprint density at radius 2 is 1.75 bits per heavy atom. The average molecular weight is 262 g/mol. The maximum Gasteiger partial charge on any atom is 0.144 e. The first kappa shape index (κ1) is 12.7. The first-order valence-corrected chi connectivity index (χ1v) is 6.95. The SMILES string of the molecule is CC(C)c1cccc(-c2nccn2-c2ccccc2)c1. The largest absolute Gasteiger partial charge is 0.300 e. The van der Waals surface area contributed by atoms with Gasteiger partial charge in [-0.05, 0) is 29.7 Å². The number of aromatic nitrogens is 2. The van der Waals surface area contributed by atoms with Crippen molar-refractivity contribution in [3.8, 4) is 17.1 Å². The minimum atomic E-state index is 0.523. The second-order valence-electron chi connectivity index (χ2n) is 5.24. The Bertz CT molecular complexity index is 696. The number of rotatable bonds is 3. The summed E-state index contributed by atoms with van der Waals surface area (Å²) < 4.78 is 2.12. The van der Waals surface area contributed by atoms with Gasteiger partial charge in [0, 0.05) is 23.6 Å². The molecule has 0 saturated carbocycles. The second kappa shape index (κ2) is 5.33. The van der Waals surface area contributed by atoms with Gasteiger partial charge >= 0.3 is 0 Å². The van der Waals surface area contributed by atoms with Crippen LogP contribution in [0, 0.1) is 0 Å². The van der Waals surface area contributed by atoms with Crippen molar-refractivity contribution < 1.29 is 0 Å². The number of hydrogen-bond donors (Lipinski definition) is 0. The predicted molar refractivity (Wildman–Crippen MR) is 83.1 cm³/mol. The number of benzene rings is 2. The number of imidazole rings is 1. The van der Waals surface area contributed by atoms with E-state index in [4.69, 9.17) is 0 Å². The first-order chi connectivity index (χ1) is 9.75. The zero-order chi connectivity index (χ0) is 13.9. The van der Waals surface area contributed by atoms with Crippen molar-refractivity contribution in [2.24, 2.45) is 0 Å². The summed E-state index contributed by atoms with van der Waals surface area (Å²) in [6.07, 6.45) is 3.86. The van der Waals surface area contributed by atoms with Crippen LogP contribution < -0.4 is 0 Å². The molecule has 0 aliphatic rings. The molecule has 3 rings (SSSR count). The number of nitrogens with zero attached hydrogens (tertiary/aromatic N) is 2. The Morgan fingerprint density at radius 1 is 0.950 bits per heavy atom. The molecule has 0 aliphatic carbocycles. The van der Waals surface area contributed by atoms with Gasteiger partial charge in [0.25, 0.3) is 0 Å². The van der Waals surface area contributed by atoms with Crippen LogP contribution in [0.25, 0.3) is 17.1 Å². The molecule has 20 heavy (non-hydrogen) atoms. The summed E-state index contributed by atoms with van der Waals surface area (Å²) in [7, 11) is 0. The van der Waals surface area contributed by atoms with E-state index in [0.717, 1.165) is 17.1 Å². The fraction of sp³-hybridized carbons (Fsp3) is 0.167. The Labute approximate surface area is 119 Å². The summed E-state index contributed by atoms with van der Waals surface area (Å²) in [6.45, 7) is 4.42. The molecule has 0 bridgehead atoms. The highest BCUT2D eigenvalue weighted by atomic mass is 15.1. The third kappa shape index (κ3) is 2.37. The Morgan fingerprint density at radius 3 is 2.50 bits per heavy atom. The van der Waals surface area contributed by atoms with Gasteiger partial charge < -0.3 is 0 Å². The van der Waals surface area contributed by atoms with E-state index in [1.807, 2.05) is 30.6 Å². The maximum absolute atomic E-state index is 4.53. The van der Waals surface area contributed by atoms with Crippen molar-refractivity contribution in [3.05, 3.63) is 72.6 Å². The van der Waals surface area contributed by atoms with Crippen LogP contribution in [-0.2, 0) is 0 Å². The highest BCUT2D eigenvalue weighted by Crippen LogP contribution is 2.24. The van der Waals surface area contributed by atoms with Crippen LogP contribution in [0.2, 0.25) is 0 Å². The third-order valence-corrected chi connectivity index (χ3v) is 3.49. The van der Waals surface area contributed by atoms with Gasteiger partial charge in [0.2, 0.25) is 0 Å². The summed E-state index contributed by atoms with van der Waals surface area (Å²) in [4.78, 5) is 4.53. The Balaban J connectivity index is 2.08. The van der Waals surface area contributed by atoms with Crippen molar-refractivity contribution in [1.82, 2.24) is 9.55 Å². The van der Waals surface area contributed by atoms with E-state index in [-0.39, 0.29) is 0 Å². The molecule has 0 fully saturated rings. The average Bonchev–Trinajstić information content (AvgIpc) is 2.98. The fourth-order valence-corrected chi connectivity index (χ4v) is 2.35. The van der Waals surface area contributed by atoms with Crippen molar-refractivity contribution in [2.75, 3.05) is 0 Å². The van der Waals surface area contributed by atoms with Gasteiger partial charge in [-0.15, -0.1) is 0 Å². The van der Waals surface area contributed by atoms with E-state index in [0.29, 0.717) is 5.92 Å². The summed E-state index contributed by atoms with van der Waals surface area (Å²) in [5.74, 6) is 1.51. The lowest BCUT2D eigenvalue weighted by Gasteiger charge is -2.10. The Kier molecular flexibility index (Phi) is 3.38. The van der Waals surface area contributed by atoms with E-state index in [2.05, 4.69) is 59.8 Å². The van der Waals surface area contributed by atoms with E-state index in [1.165, 1.54) is 5.56 Å². The van der Waals surface area contributed by atoms with Crippen molar-refractivity contribution in [1.29, 1.82) is 0 Å². The molecule has 2 heteroatoms. The molecular weight excluding hydrogens is 244 g/mol. The zero-order valence-electron chi connectivity index (χ0n) is 11.8. The highest BCUT2D eigenvalue weighted by Gasteiger charge is 2.09. The van der Waals surface area contributed by atoms with Gasteiger partial charge in [-0.2, -0.15) is 0 Å². The van der Waals surface area contributed by atoms with Gasteiger partial charge in [-0.3, -0.25) is 4.57 Å². The smallest absolute Gasteiger partial charge is 0.144 e. The van der Waals surface area contributed by atoms with Gasteiger partial charge in [0.05, 0.1) is 0 Å². The molecule has 0 aliphatic heterocycles.